The van der Waals surface area contributed by atoms with Crippen molar-refractivity contribution in [2.45, 2.75) is 12.8 Å². The van der Waals surface area contributed by atoms with Crippen molar-refractivity contribution in [3.8, 4) is 0 Å². The van der Waals surface area contributed by atoms with Crippen molar-refractivity contribution in [1.82, 2.24) is 0 Å². The smallest absolute Gasteiger partial charge is 0.0823 e. The molecule has 0 aromatic rings. The second-order valence-corrected chi connectivity index (χ2v) is 3.58. The molecule has 1 saturated heterocycles. The Labute approximate surface area is 64.1 Å². The Kier molecular flexibility index (Phi) is 7.23. The lowest BCUT2D eigenvalue weighted by molar-refractivity contribution is -0.312. The zero-order valence-electron chi connectivity index (χ0n) is 6.46. The first-order valence-electron chi connectivity index (χ1n) is 3.23. The molecule has 4 heteroatoms. The molecule has 1 aliphatic heterocycles. The highest BCUT2D eigenvalue weighted by atomic mass is 32.2. The summed E-state index contributed by atoms with van der Waals surface area (Å²) in [5.41, 5.74) is 0. The normalized spacial score (nSPS) is 17.9. The molecule has 0 amide bonds. The summed E-state index contributed by atoms with van der Waals surface area (Å²) in [6.45, 7) is 1.56. The van der Waals surface area contributed by atoms with Gasteiger partial charge in [-0.2, -0.15) is 0 Å². The van der Waals surface area contributed by atoms with E-state index >= 15 is 0 Å². The first-order chi connectivity index (χ1) is 4.73. The van der Waals surface area contributed by atoms with Crippen molar-refractivity contribution < 1.29 is 14.0 Å². The lowest BCUT2D eigenvalue weighted by Gasteiger charge is -2.07. The molecule has 0 aromatic heterocycles. The van der Waals surface area contributed by atoms with Gasteiger partial charge in [-0.1, -0.05) is 0 Å². The summed E-state index contributed by atoms with van der Waals surface area (Å²) in [4.78, 5) is 9.14. The van der Waals surface area contributed by atoms with E-state index in [0.717, 1.165) is 26.1 Å². The van der Waals surface area contributed by atoms with Crippen LogP contribution in [0.1, 0.15) is 12.8 Å². The van der Waals surface area contributed by atoms with E-state index in [2.05, 4.69) is 9.78 Å². The maximum Gasteiger partial charge on any atom is 0.0823 e. The van der Waals surface area contributed by atoms with Gasteiger partial charge < -0.3 is 0 Å². The van der Waals surface area contributed by atoms with Crippen molar-refractivity contribution in [1.29, 1.82) is 0 Å². The number of hydrogen-bond donors (Lipinski definition) is 0. The van der Waals surface area contributed by atoms with Gasteiger partial charge in [0, 0.05) is 23.3 Å². The summed E-state index contributed by atoms with van der Waals surface area (Å²) >= 11 is 0. The summed E-state index contributed by atoms with van der Waals surface area (Å²) in [6, 6.07) is 0. The number of hydrogen-bond acceptors (Lipinski definition) is 3. The maximum absolute atomic E-state index is 9.56. The molecule has 0 bridgehead atoms. The molecule has 0 saturated carbocycles. The van der Waals surface area contributed by atoms with Crippen molar-refractivity contribution in [2.75, 3.05) is 25.7 Å². The first-order valence-corrected chi connectivity index (χ1v) is 5.19. The van der Waals surface area contributed by atoms with E-state index in [0.29, 0.717) is 0 Å². The fourth-order valence-corrected chi connectivity index (χ4v) is 0.440. The van der Waals surface area contributed by atoms with Gasteiger partial charge in [0.15, 0.2) is 0 Å². The van der Waals surface area contributed by atoms with E-state index in [1.165, 1.54) is 0 Å². The van der Waals surface area contributed by atoms with Crippen LogP contribution in [0.15, 0.2) is 0 Å². The van der Waals surface area contributed by atoms with Crippen LogP contribution in [-0.2, 0) is 20.6 Å². The lowest BCUT2D eigenvalue weighted by Crippen LogP contribution is -2.05. The molecular weight excluding hydrogens is 152 g/mol. The molecular formula is C6H14O3S. The summed E-state index contributed by atoms with van der Waals surface area (Å²) in [5, 5.41) is 0. The molecule has 1 rings (SSSR count). The molecule has 0 unspecified atom stereocenters. The molecule has 0 N–H and O–H groups in total. The maximum atomic E-state index is 9.56. The Hall–Kier alpha value is 0.0700. The van der Waals surface area contributed by atoms with Crippen LogP contribution < -0.4 is 0 Å². The van der Waals surface area contributed by atoms with Gasteiger partial charge in [0.2, 0.25) is 0 Å². The van der Waals surface area contributed by atoms with Crippen LogP contribution in [0.3, 0.4) is 0 Å². The summed E-state index contributed by atoms with van der Waals surface area (Å²) in [5.74, 6) is 0. The Balaban J connectivity index is 0.000000180. The number of rotatable bonds is 0. The van der Waals surface area contributed by atoms with Crippen molar-refractivity contribution in [2.24, 2.45) is 0 Å². The standard InChI is InChI=1S/C4H8O2.C2H6OS/c1-2-4-6-5-3-1;1-4(2)3/h1-4H2;1-2H3. The summed E-state index contributed by atoms with van der Waals surface area (Å²) in [6.07, 6.45) is 5.58. The predicted molar refractivity (Wildman–Crippen MR) is 41.1 cm³/mol. The van der Waals surface area contributed by atoms with Gasteiger partial charge in [-0.25, -0.2) is 9.78 Å². The van der Waals surface area contributed by atoms with E-state index in [-0.39, 0.29) is 0 Å². The molecule has 1 aliphatic rings. The Bertz CT molecular complexity index is 75.5. The molecule has 62 valence electrons. The Morgan fingerprint density at radius 1 is 1.10 bits per heavy atom. The second kappa shape index (κ2) is 7.18. The SMILES string of the molecule is C1CCOOC1.CS(C)=O. The average Bonchev–Trinajstić information content (AvgIpc) is 1.90. The molecule has 0 atom stereocenters. The fraction of sp³-hybridized carbons (Fsp3) is 1.00. The molecule has 0 aromatic carbocycles. The van der Waals surface area contributed by atoms with Crippen molar-refractivity contribution >= 4 is 10.8 Å². The molecule has 0 aliphatic carbocycles. The van der Waals surface area contributed by atoms with Crippen LogP contribution in [0.5, 0.6) is 0 Å². The van der Waals surface area contributed by atoms with Crippen LogP contribution in [-0.4, -0.2) is 29.9 Å². The van der Waals surface area contributed by atoms with Crippen LogP contribution in [0.25, 0.3) is 0 Å². The fourth-order valence-electron chi connectivity index (χ4n) is 0.440. The minimum absolute atomic E-state index is 0.611. The van der Waals surface area contributed by atoms with Gasteiger partial charge in [-0.3, -0.25) is 4.21 Å². The highest BCUT2D eigenvalue weighted by Gasteiger charge is 1.95. The third-order valence-electron chi connectivity index (χ3n) is 0.789. The van der Waals surface area contributed by atoms with Gasteiger partial charge in [0.25, 0.3) is 0 Å². The molecule has 0 radical (unpaired) electrons. The first kappa shape index (κ1) is 10.1. The lowest BCUT2D eigenvalue weighted by atomic mass is 10.3. The van der Waals surface area contributed by atoms with E-state index in [1.54, 1.807) is 12.5 Å². The van der Waals surface area contributed by atoms with Crippen molar-refractivity contribution in [3.63, 3.8) is 0 Å². The van der Waals surface area contributed by atoms with Gasteiger partial charge in [0.05, 0.1) is 13.2 Å². The van der Waals surface area contributed by atoms with Gasteiger partial charge in [-0.15, -0.1) is 0 Å². The third kappa shape index (κ3) is 10.9. The molecule has 3 nitrogen and oxygen atoms in total. The second-order valence-electron chi connectivity index (χ2n) is 2.09. The highest BCUT2D eigenvalue weighted by molar-refractivity contribution is 7.83. The predicted octanol–water partition coefficient (Wildman–Crippen LogP) is 0.723. The Morgan fingerprint density at radius 2 is 1.40 bits per heavy atom. The topological polar surface area (TPSA) is 35.5 Å². The largest absolute Gasteiger partial charge is 0.260 e. The zero-order valence-corrected chi connectivity index (χ0v) is 7.28. The van der Waals surface area contributed by atoms with Crippen LogP contribution in [0.4, 0.5) is 0 Å². The third-order valence-corrected chi connectivity index (χ3v) is 0.789. The Morgan fingerprint density at radius 3 is 1.50 bits per heavy atom. The minimum atomic E-state index is -0.611. The molecule has 0 spiro atoms. The van der Waals surface area contributed by atoms with E-state index in [1.807, 2.05) is 0 Å². The highest BCUT2D eigenvalue weighted by Crippen LogP contribution is 1.97. The van der Waals surface area contributed by atoms with Gasteiger partial charge in [-0.05, 0) is 12.8 Å². The van der Waals surface area contributed by atoms with Crippen LogP contribution >= 0.6 is 0 Å². The van der Waals surface area contributed by atoms with E-state index in [4.69, 9.17) is 0 Å². The minimum Gasteiger partial charge on any atom is -0.260 e. The van der Waals surface area contributed by atoms with Crippen LogP contribution in [0.2, 0.25) is 0 Å². The van der Waals surface area contributed by atoms with Crippen molar-refractivity contribution in [3.05, 3.63) is 0 Å². The monoisotopic (exact) mass is 166 g/mol. The molecule has 1 fully saturated rings. The quantitative estimate of drug-likeness (QED) is 0.497. The zero-order chi connectivity index (χ0) is 7.82. The summed E-state index contributed by atoms with van der Waals surface area (Å²) < 4.78 is 9.56. The average molecular weight is 166 g/mol. The molecule has 1 heterocycles. The van der Waals surface area contributed by atoms with Gasteiger partial charge >= 0.3 is 0 Å². The van der Waals surface area contributed by atoms with E-state index < -0.39 is 10.8 Å². The van der Waals surface area contributed by atoms with Crippen LogP contribution in [0, 0.1) is 0 Å². The van der Waals surface area contributed by atoms with Gasteiger partial charge in [0.1, 0.15) is 0 Å². The van der Waals surface area contributed by atoms with E-state index in [9.17, 15) is 4.21 Å². The summed E-state index contributed by atoms with van der Waals surface area (Å²) in [7, 11) is -0.611. The molecule has 10 heavy (non-hydrogen) atoms.